The number of likely N-dealkylation sites (N-methyl/N-ethyl adjacent to an activating group) is 1. The van der Waals surface area contributed by atoms with Crippen LogP contribution in [0.1, 0.15) is 20.3 Å². The highest BCUT2D eigenvalue weighted by molar-refractivity contribution is 5.79. The summed E-state index contributed by atoms with van der Waals surface area (Å²) in [4.78, 5) is 6.77. The molecule has 0 amide bonds. The van der Waals surface area contributed by atoms with Gasteiger partial charge in [-0.25, -0.2) is 0 Å². The van der Waals surface area contributed by atoms with Gasteiger partial charge in [0.25, 0.3) is 0 Å². The fourth-order valence-corrected chi connectivity index (χ4v) is 1.43. The second-order valence-electron chi connectivity index (χ2n) is 3.94. The molecule has 0 aromatic rings. The fourth-order valence-electron chi connectivity index (χ4n) is 1.43. The van der Waals surface area contributed by atoms with Gasteiger partial charge in [-0.3, -0.25) is 4.99 Å². The maximum atomic E-state index is 5.02. The Bertz CT molecular complexity index is 189. The van der Waals surface area contributed by atoms with Crippen molar-refractivity contribution in [3.05, 3.63) is 0 Å². The number of rotatable bonds is 9. The molecule has 0 radical (unpaired) electrons. The van der Waals surface area contributed by atoms with Crippen LogP contribution >= 0.6 is 0 Å². The standard InChI is InChI=1S/C12H28N4O/c1-5-13-12(14-6-2)15-8-10-16(3)9-7-11-17-4/h5-11H2,1-4H3,(H2,13,14,15). The molecule has 0 unspecified atom stereocenters. The Kier molecular flexibility index (Phi) is 11.1. The van der Waals surface area contributed by atoms with Gasteiger partial charge in [0.2, 0.25) is 0 Å². The van der Waals surface area contributed by atoms with E-state index in [-0.39, 0.29) is 0 Å². The van der Waals surface area contributed by atoms with Crippen molar-refractivity contribution in [1.82, 2.24) is 15.5 Å². The first kappa shape index (κ1) is 16.2. The molecule has 0 aliphatic heterocycles. The second-order valence-corrected chi connectivity index (χ2v) is 3.94. The number of ether oxygens (including phenoxy) is 1. The first-order valence-electron chi connectivity index (χ1n) is 6.44. The van der Waals surface area contributed by atoms with E-state index in [2.05, 4.69) is 41.4 Å². The van der Waals surface area contributed by atoms with E-state index in [4.69, 9.17) is 4.74 Å². The van der Waals surface area contributed by atoms with Crippen LogP contribution in [0.3, 0.4) is 0 Å². The van der Waals surface area contributed by atoms with Crippen LogP contribution in [0.25, 0.3) is 0 Å². The van der Waals surface area contributed by atoms with E-state index in [1.807, 2.05) is 0 Å². The number of hydrogen-bond donors (Lipinski definition) is 2. The molecule has 0 spiro atoms. The molecule has 102 valence electrons. The molecule has 0 aliphatic carbocycles. The number of nitrogens with zero attached hydrogens (tertiary/aromatic N) is 2. The molecule has 0 fully saturated rings. The molecular weight excluding hydrogens is 216 g/mol. The molecule has 0 atom stereocenters. The van der Waals surface area contributed by atoms with E-state index in [9.17, 15) is 0 Å². The first-order chi connectivity index (χ1) is 8.24. The van der Waals surface area contributed by atoms with E-state index in [0.29, 0.717) is 0 Å². The van der Waals surface area contributed by atoms with Gasteiger partial charge in [-0.1, -0.05) is 0 Å². The minimum atomic E-state index is 0.818. The summed E-state index contributed by atoms with van der Waals surface area (Å²) < 4.78 is 5.02. The molecule has 5 heteroatoms. The Morgan fingerprint density at radius 3 is 2.35 bits per heavy atom. The van der Waals surface area contributed by atoms with E-state index in [0.717, 1.165) is 51.7 Å². The van der Waals surface area contributed by atoms with Crippen LogP contribution < -0.4 is 10.6 Å². The monoisotopic (exact) mass is 244 g/mol. The molecule has 0 aliphatic rings. The Labute approximate surface area is 106 Å². The number of guanidine groups is 1. The number of hydrogen-bond acceptors (Lipinski definition) is 3. The third-order valence-electron chi connectivity index (χ3n) is 2.33. The molecule has 0 aromatic carbocycles. The Morgan fingerprint density at radius 2 is 1.82 bits per heavy atom. The lowest BCUT2D eigenvalue weighted by Crippen LogP contribution is -2.37. The molecule has 0 saturated heterocycles. The average Bonchev–Trinajstić information content (AvgIpc) is 2.30. The van der Waals surface area contributed by atoms with Crippen LogP contribution in [0, 0.1) is 0 Å². The largest absolute Gasteiger partial charge is 0.385 e. The van der Waals surface area contributed by atoms with Gasteiger partial charge in [-0.2, -0.15) is 0 Å². The quantitative estimate of drug-likeness (QED) is 0.353. The van der Waals surface area contributed by atoms with Gasteiger partial charge >= 0.3 is 0 Å². The van der Waals surface area contributed by atoms with Crippen molar-refractivity contribution >= 4 is 5.96 Å². The fraction of sp³-hybridized carbons (Fsp3) is 0.917. The minimum absolute atomic E-state index is 0.818. The normalized spacial score (nSPS) is 10.4. The van der Waals surface area contributed by atoms with Crippen LogP contribution in [0.5, 0.6) is 0 Å². The van der Waals surface area contributed by atoms with Crippen LogP contribution in [0.4, 0.5) is 0 Å². The summed E-state index contributed by atoms with van der Waals surface area (Å²) in [5, 5.41) is 6.42. The van der Waals surface area contributed by atoms with E-state index >= 15 is 0 Å². The number of aliphatic imine (C=N–C) groups is 1. The predicted octanol–water partition coefficient (Wildman–Crippen LogP) is 0.530. The van der Waals surface area contributed by atoms with E-state index in [1.165, 1.54) is 0 Å². The Balaban J connectivity index is 3.71. The summed E-state index contributed by atoms with van der Waals surface area (Å²) in [5.74, 6) is 0.903. The maximum absolute atomic E-state index is 5.02. The van der Waals surface area contributed by atoms with Crippen LogP contribution in [0.15, 0.2) is 4.99 Å². The molecule has 5 nitrogen and oxygen atoms in total. The summed E-state index contributed by atoms with van der Waals surface area (Å²) in [7, 11) is 3.86. The maximum Gasteiger partial charge on any atom is 0.191 e. The molecule has 0 heterocycles. The van der Waals surface area contributed by atoms with Gasteiger partial charge in [-0.05, 0) is 27.3 Å². The van der Waals surface area contributed by atoms with Crippen LogP contribution in [-0.2, 0) is 4.74 Å². The lowest BCUT2D eigenvalue weighted by molar-refractivity contribution is 0.180. The van der Waals surface area contributed by atoms with Crippen molar-refractivity contribution < 1.29 is 4.74 Å². The zero-order chi connectivity index (χ0) is 12.9. The van der Waals surface area contributed by atoms with Gasteiger partial charge in [0.05, 0.1) is 6.54 Å². The highest BCUT2D eigenvalue weighted by Gasteiger charge is 1.98. The van der Waals surface area contributed by atoms with Crippen molar-refractivity contribution in [3.63, 3.8) is 0 Å². The van der Waals surface area contributed by atoms with Gasteiger partial charge in [-0.15, -0.1) is 0 Å². The topological polar surface area (TPSA) is 48.9 Å². The van der Waals surface area contributed by atoms with E-state index in [1.54, 1.807) is 7.11 Å². The molecule has 0 aromatic heterocycles. The third-order valence-corrected chi connectivity index (χ3v) is 2.33. The summed E-state index contributed by atoms with van der Waals surface area (Å²) >= 11 is 0. The molecular formula is C12H28N4O. The predicted molar refractivity (Wildman–Crippen MR) is 73.6 cm³/mol. The zero-order valence-corrected chi connectivity index (χ0v) is 11.8. The van der Waals surface area contributed by atoms with Gasteiger partial charge in [0.1, 0.15) is 0 Å². The second kappa shape index (κ2) is 11.7. The summed E-state index contributed by atoms with van der Waals surface area (Å²) in [6.07, 6.45) is 1.07. The van der Waals surface area contributed by atoms with Crippen LogP contribution in [-0.4, -0.2) is 64.3 Å². The Hall–Kier alpha value is -0.810. The number of nitrogens with one attached hydrogen (secondary N) is 2. The van der Waals surface area contributed by atoms with Crippen molar-refractivity contribution in [1.29, 1.82) is 0 Å². The smallest absolute Gasteiger partial charge is 0.191 e. The lowest BCUT2D eigenvalue weighted by atomic mass is 10.4. The highest BCUT2D eigenvalue weighted by atomic mass is 16.5. The van der Waals surface area contributed by atoms with Crippen molar-refractivity contribution in [2.24, 2.45) is 4.99 Å². The lowest BCUT2D eigenvalue weighted by Gasteiger charge is -2.15. The molecule has 0 rings (SSSR count). The summed E-state index contributed by atoms with van der Waals surface area (Å²) in [6.45, 7) is 9.62. The van der Waals surface area contributed by atoms with Crippen molar-refractivity contribution in [2.45, 2.75) is 20.3 Å². The third kappa shape index (κ3) is 10.1. The zero-order valence-electron chi connectivity index (χ0n) is 11.8. The van der Waals surface area contributed by atoms with E-state index < -0.39 is 0 Å². The molecule has 2 N–H and O–H groups in total. The Morgan fingerprint density at radius 1 is 1.18 bits per heavy atom. The van der Waals surface area contributed by atoms with Crippen molar-refractivity contribution in [2.75, 3.05) is 53.5 Å². The van der Waals surface area contributed by atoms with Gasteiger partial charge in [0, 0.05) is 39.9 Å². The molecule has 0 bridgehead atoms. The number of methoxy groups -OCH3 is 1. The van der Waals surface area contributed by atoms with Crippen molar-refractivity contribution in [3.8, 4) is 0 Å². The highest BCUT2D eigenvalue weighted by Crippen LogP contribution is 1.88. The van der Waals surface area contributed by atoms with Crippen LogP contribution in [0.2, 0.25) is 0 Å². The SMILES string of the molecule is CCNC(=NCCN(C)CCCOC)NCC. The average molecular weight is 244 g/mol. The molecule has 0 saturated carbocycles. The molecule has 17 heavy (non-hydrogen) atoms. The summed E-state index contributed by atoms with van der Waals surface area (Å²) in [5.41, 5.74) is 0. The van der Waals surface area contributed by atoms with Gasteiger partial charge < -0.3 is 20.3 Å². The van der Waals surface area contributed by atoms with Gasteiger partial charge in [0.15, 0.2) is 5.96 Å². The summed E-state index contributed by atoms with van der Waals surface area (Å²) in [6, 6.07) is 0. The minimum Gasteiger partial charge on any atom is -0.385 e. The first-order valence-corrected chi connectivity index (χ1v) is 6.44.